The third kappa shape index (κ3) is 3.87. The highest BCUT2D eigenvalue weighted by Gasteiger charge is 2.32. The van der Waals surface area contributed by atoms with E-state index >= 15 is 0 Å². The number of pyridine rings is 1. The van der Waals surface area contributed by atoms with Crippen molar-refractivity contribution in [1.29, 1.82) is 5.26 Å². The Morgan fingerprint density at radius 3 is 2.89 bits per heavy atom. The standard InChI is InChI=1S/C19H23N5O3/c1-24-15(11-12-7-8-16(27-2)23-17(12)24)19(26)22-14-6-4-3-5-13(14)18(25)21-10-9-20/h7-8,11,13-14H,3-6,10H2,1-2H3,(H,21,25)(H,22,26). The van der Waals surface area contributed by atoms with Crippen molar-refractivity contribution in [3.63, 3.8) is 0 Å². The van der Waals surface area contributed by atoms with Crippen LogP contribution in [0.4, 0.5) is 0 Å². The molecule has 0 radical (unpaired) electrons. The number of aromatic nitrogens is 2. The molecule has 1 aliphatic rings. The van der Waals surface area contributed by atoms with Crippen molar-refractivity contribution in [3.8, 4) is 11.9 Å². The molecule has 1 saturated carbocycles. The van der Waals surface area contributed by atoms with Gasteiger partial charge in [0.15, 0.2) is 0 Å². The zero-order valence-corrected chi connectivity index (χ0v) is 15.5. The Balaban J connectivity index is 1.79. The highest BCUT2D eigenvalue weighted by atomic mass is 16.5. The van der Waals surface area contributed by atoms with Gasteiger partial charge in [-0.15, -0.1) is 0 Å². The lowest BCUT2D eigenvalue weighted by Crippen LogP contribution is -2.48. The van der Waals surface area contributed by atoms with Gasteiger partial charge in [-0.25, -0.2) is 0 Å². The lowest BCUT2D eigenvalue weighted by Gasteiger charge is -2.31. The van der Waals surface area contributed by atoms with Crippen molar-refractivity contribution in [1.82, 2.24) is 20.2 Å². The van der Waals surface area contributed by atoms with Crippen molar-refractivity contribution in [3.05, 3.63) is 23.9 Å². The number of methoxy groups -OCH3 is 1. The van der Waals surface area contributed by atoms with Gasteiger partial charge < -0.3 is 19.9 Å². The van der Waals surface area contributed by atoms with E-state index in [-0.39, 0.29) is 30.3 Å². The van der Waals surface area contributed by atoms with Crippen LogP contribution in [0.3, 0.4) is 0 Å². The Kier molecular flexibility index (Phi) is 5.60. The number of carbonyl (C=O) groups is 2. The van der Waals surface area contributed by atoms with Crippen LogP contribution in [0.25, 0.3) is 11.0 Å². The fraction of sp³-hybridized carbons (Fsp3) is 0.474. The van der Waals surface area contributed by atoms with Gasteiger partial charge in [0.1, 0.15) is 17.9 Å². The summed E-state index contributed by atoms with van der Waals surface area (Å²) in [6.07, 6.45) is 3.35. The van der Waals surface area contributed by atoms with Crippen molar-refractivity contribution in [2.45, 2.75) is 31.7 Å². The number of rotatable bonds is 5. The quantitative estimate of drug-likeness (QED) is 0.777. The number of aryl methyl sites for hydroxylation is 1. The molecule has 1 fully saturated rings. The maximum atomic E-state index is 12.9. The van der Waals surface area contributed by atoms with Crippen LogP contribution in [0.1, 0.15) is 36.2 Å². The molecule has 1 aliphatic carbocycles. The third-order valence-electron chi connectivity index (χ3n) is 5.05. The minimum atomic E-state index is -0.316. The van der Waals surface area contributed by atoms with Crippen LogP contribution < -0.4 is 15.4 Å². The van der Waals surface area contributed by atoms with Crippen molar-refractivity contribution in [2.75, 3.05) is 13.7 Å². The molecule has 2 aromatic heterocycles. The van der Waals surface area contributed by atoms with E-state index in [2.05, 4.69) is 15.6 Å². The number of nitriles is 1. The first-order valence-electron chi connectivity index (χ1n) is 9.01. The molecule has 3 rings (SSSR count). The molecule has 2 heterocycles. The second kappa shape index (κ2) is 8.08. The van der Waals surface area contributed by atoms with Crippen LogP contribution >= 0.6 is 0 Å². The maximum absolute atomic E-state index is 12.9. The van der Waals surface area contributed by atoms with Crippen LogP contribution in [0.2, 0.25) is 0 Å². The third-order valence-corrected chi connectivity index (χ3v) is 5.05. The lowest BCUT2D eigenvalue weighted by atomic mass is 9.83. The van der Waals surface area contributed by atoms with Gasteiger partial charge in [0.05, 0.1) is 19.1 Å². The minimum absolute atomic E-state index is 0.0211. The first-order chi connectivity index (χ1) is 13.0. The molecule has 0 aromatic carbocycles. The topological polar surface area (TPSA) is 109 Å². The molecule has 0 saturated heterocycles. The van der Waals surface area contributed by atoms with E-state index in [0.29, 0.717) is 23.6 Å². The maximum Gasteiger partial charge on any atom is 0.268 e. The number of hydrogen-bond donors (Lipinski definition) is 2. The SMILES string of the molecule is COc1ccc2cc(C(=O)NC3CCCCC3C(=O)NCC#N)n(C)c2n1. The number of nitrogens with zero attached hydrogens (tertiary/aromatic N) is 3. The zero-order valence-electron chi connectivity index (χ0n) is 15.5. The van der Waals surface area contributed by atoms with Crippen molar-refractivity contribution >= 4 is 22.8 Å². The summed E-state index contributed by atoms with van der Waals surface area (Å²) in [7, 11) is 3.33. The van der Waals surface area contributed by atoms with Gasteiger partial charge in [-0.05, 0) is 25.0 Å². The number of ether oxygens (including phenoxy) is 1. The van der Waals surface area contributed by atoms with Crippen LogP contribution in [-0.4, -0.2) is 41.1 Å². The summed E-state index contributed by atoms with van der Waals surface area (Å²) in [5.41, 5.74) is 1.14. The number of fused-ring (bicyclic) bond motifs is 1. The van der Waals surface area contributed by atoms with Gasteiger partial charge in [0, 0.05) is 24.5 Å². The van der Waals surface area contributed by atoms with Gasteiger partial charge in [0.25, 0.3) is 5.91 Å². The monoisotopic (exact) mass is 369 g/mol. The summed E-state index contributed by atoms with van der Waals surface area (Å²) >= 11 is 0. The molecular formula is C19H23N5O3. The van der Waals surface area contributed by atoms with Gasteiger partial charge in [0.2, 0.25) is 11.8 Å². The summed E-state index contributed by atoms with van der Waals surface area (Å²) in [5, 5.41) is 15.1. The van der Waals surface area contributed by atoms with Gasteiger partial charge in [-0.3, -0.25) is 9.59 Å². The first-order valence-corrected chi connectivity index (χ1v) is 9.01. The molecule has 0 spiro atoms. The number of nitrogens with one attached hydrogen (secondary N) is 2. The Bertz CT molecular complexity index is 899. The molecule has 0 bridgehead atoms. The normalized spacial score (nSPS) is 19.3. The van der Waals surface area contributed by atoms with Gasteiger partial charge >= 0.3 is 0 Å². The van der Waals surface area contributed by atoms with Gasteiger partial charge in [-0.2, -0.15) is 10.2 Å². The molecule has 8 nitrogen and oxygen atoms in total. The smallest absolute Gasteiger partial charge is 0.268 e. The molecule has 2 N–H and O–H groups in total. The predicted octanol–water partition coefficient (Wildman–Crippen LogP) is 1.51. The largest absolute Gasteiger partial charge is 0.481 e. The number of amides is 2. The Hall–Kier alpha value is -3.08. The fourth-order valence-corrected chi connectivity index (χ4v) is 3.63. The van der Waals surface area contributed by atoms with E-state index in [1.54, 1.807) is 30.9 Å². The Morgan fingerprint density at radius 1 is 1.37 bits per heavy atom. The minimum Gasteiger partial charge on any atom is -0.481 e. The molecule has 2 unspecified atom stereocenters. The van der Waals surface area contributed by atoms with Gasteiger partial charge in [-0.1, -0.05) is 12.8 Å². The second-order valence-electron chi connectivity index (χ2n) is 6.70. The van der Waals surface area contributed by atoms with Crippen LogP contribution in [-0.2, 0) is 11.8 Å². The Labute approximate surface area is 157 Å². The Morgan fingerprint density at radius 2 is 2.15 bits per heavy atom. The fourth-order valence-electron chi connectivity index (χ4n) is 3.63. The van der Waals surface area contributed by atoms with E-state index in [1.807, 2.05) is 12.1 Å². The molecule has 8 heteroatoms. The van der Waals surface area contributed by atoms with Crippen LogP contribution in [0, 0.1) is 17.2 Å². The molecule has 2 amide bonds. The molecule has 2 atom stereocenters. The molecule has 2 aromatic rings. The van der Waals surface area contributed by atoms with E-state index in [0.717, 1.165) is 24.6 Å². The molecular weight excluding hydrogens is 346 g/mol. The average Bonchev–Trinajstić information content (AvgIpc) is 3.02. The van der Waals surface area contributed by atoms with Crippen LogP contribution in [0.15, 0.2) is 18.2 Å². The van der Waals surface area contributed by atoms with Crippen LogP contribution in [0.5, 0.6) is 5.88 Å². The summed E-state index contributed by atoms with van der Waals surface area (Å²) in [6.45, 7) is -0.0211. The van der Waals surface area contributed by atoms with Crippen molar-refractivity contribution in [2.24, 2.45) is 13.0 Å². The average molecular weight is 369 g/mol. The lowest BCUT2D eigenvalue weighted by molar-refractivity contribution is -0.126. The number of hydrogen-bond acceptors (Lipinski definition) is 5. The summed E-state index contributed by atoms with van der Waals surface area (Å²) in [5.74, 6) is -0.245. The zero-order chi connectivity index (χ0) is 19.4. The summed E-state index contributed by atoms with van der Waals surface area (Å²) in [6, 6.07) is 7.06. The van der Waals surface area contributed by atoms with E-state index < -0.39 is 0 Å². The van der Waals surface area contributed by atoms with E-state index in [9.17, 15) is 9.59 Å². The van der Waals surface area contributed by atoms with Crippen molar-refractivity contribution < 1.29 is 14.3 Å². The highest BCUT2D eigenvalue weighted by Crippen LogP contribution is 2.26. The van der Waals surface area contributed by atoms with E-state index in [1.165, 1.54) is 0 Å². The molecule has 0 aliphatic heterocycles. The predicted molar refractivity (Wildman–Crippen MR) is 99.1 cm³/mol. The molecule has 142 valence electrons. The second-order valence-corrected chi connectivity index (χ2v) is 6.70. The molecule has 27 heavy (non-hydrogen) atoms. The first kappa shape index (κ1) is 18.7. The highest BCUT2D eigenvalue weighted by molar-refractivity contribution is 5.98. The number of carbonyl (C=O) groups excluding carboxylic acids is 2. The summed E-state index contributed by atoms with van der Waals surface area (Å²) in [4.78, 5) is 29.6. The summed E-state index contributed by atoms with van der Waals surface area (Å²) < 4.78 is 6.87. The van der Waals surface area contributed by atoms with E-state index in [4.69, 9.17) is 10.00 Å².